The van der Waals surface area contributed by atoms with Crippen LogP contribution in [-0.4, -0.2) is 33.7 Å². The number of rotatable bonds is 5. The average molecular weight is 375 g/mol. The number of nitrogens with one attached hydrogen (secondary N) is 2. The second-order valence-corrected chi connectivity index (χ2v) is 8.22. The molecule has 3 rings (SSSR count). The third-order valence-corrected chi connectivity index (χ3v) is 6.01. The first kappa shape index (κ1) is 19.9. The summed E-state index contributed by atoms with van der Waals surface area (Å²) in [4.78, 5) is 25.1. The number of aromatic nitrogens is 2. The van der Waals surface area contributed by atoms with Gasteiger partial charge in [-0.15, -0.1) is 0 Å². The number of hydrogen-bond donors (Lipinski definition) is 2. The Morgan fingerprint density at radius 3 is 2.00 bits per heavy atom. The van der Waals surface area contributed by atoms with E-state index in [1.165, 1.54) is 51.4 Å². The molecule has 150 valence electrons. The van der Waals surface area contributed by atoms with Gasteiger partial charge in [0.1, 0.15) is 11.7 Å². The molecule has 2 amide bonds. The summed E-state index contributed by atoms with van der Waals surface area (Å²) in [7, 11) is 0. The molecule has 1 heterocycles. The lowest BCUT2D eigenvalue weighted by molar-refractivity contribution is -0.124. The monoisotopic (exact) mass is 374 g/mol. The molecule has 27 heavy (non-hydrogen) atoms. The van der Waals surface area contributed by atoms with Gasteiger partial charge in [-0.25, -0.2) is 0 Å². The molecule has 6 heteroatoms. The van der Waals surface area contributed by atoms with Crippen molar-refractivity contribution in [3.8, 4) is 0 Å². The van der Waals surface area contributed by atoms with E-state index in [4.69, 9.17) is 0 Å². The van der Waals surface area contributed by atoms with E-state index in [1.807, 2.05) is 6.92 Å². The Bertz CT molecular complexity index is 611. The van der Waals surface area contributed by atoms with Gasteiger partial charge >= 0.3 is 0 Å². The van der Waals surface area contributed by atoms with Crippen molar-refractivity contribution in [1.82, 2.24) is 20.4 Å². The molecule has 1 aromatic heterocycles. The Balaban J connectivity index is 1.53. The minimum absolute atomic E-state index is 0.0132. The molecule has 0 aromatic carbocycles. The van der Waals surface area contributed by atoms with Gasteiger partial charge < -0.3 is 10.6 Å². The lowest BCUT2D eigenvalue weighted by atomic mass is 10.1. The van der Waals surface area contributed by atoms with Crippen LogP contribution in [0.1, 0.15) is 101 Å². The van der Waals surface area contributed by atoms with Crippen molar-refractivity contribution >= 4 is 11.8 Å². The number of carbonyl (C=O) groups is 2. The van der Waals surface area contributed by atoms with Gasteiger partial charge in [-0.1, -0.05) is 51.4 Å². The lowest BCUT2D eigenvalue weighted by Crippen LogP contribution is -2.39. The van der Waals surface area contributed by atoms with E-state index in [1.54, 1.807) is 16.9 Å². The van der Waals surface area contributed by atoms with Crippen molar-refractivity contribution in [3.63, 3.8) is 0 Å². The van der Waals surface area contributed by atoms with E-state index in [2.05, 4.69) is 15.7 Å². The smallest absolute Gasteiger partial charge is 0.271 e. The maximum Gasteiger partial charge on any atom is 0.271 e. The molecule has 2 N–H and O–H groups in total. The summed E-state index contributed by atoms with van der Waals surface area (Å²) in [5.74, 6) is -0.141. The van der Waals surface area contributed by atoms with Crippen molar-refractivity contribution < 1.29 is 9.59 Å². The molecule has 0 spiro atoms. The summed E-state index contributed by atoms with van der Waals surface area (Å²) in [5.41, 5.74) is 0.397. The van der Waals surface area contributed by atoms with Gasteiger partial charge in [-0.2, -0.15) is 5.10 Å². The van der Waals surface area contributed by atoms with Gasteiger partial charge in [0.25, 0.3) is 5.91 Å². The number of amides is 2. The lowest BCUT2D eigenvalue weighted by Gasteiger charge is -2.19. The highest BCUT2D eigenvalue weighted by molar-refractivity contribution is 5.92. The third-order valence-electron chi connectivity index (χ3n) is 6.01. The minimum atomic E-state index is -0.410. The molecule has 0 aliphatic heterocycles. The van der Waals surface area contributed by atoms with Crippen LogP contribution in [0.5, 0.6) is 0 Å². The molecular weight excluding hydrogens is 340 g/mol. The summed E-state index contributed by atoms with van der Waals surface area (Å²) < 4.78 is 1.61. The van der Waals surface area contributed by atoms with Crippen LogP contribution < -0.4 is 10.6 Å². The van der Waals surface area contributed by atoms with E-state index in [0.717, 1.165) is 25.7 Å². The molecule has 1 aromatic rings. The third kappa shape index (κ3) is 5.81. The maximum atomic E-state index is 12.6. The Labute approximate surface area is 162 Å². The summed E-state index contributed by atoms with van der Waals surface area (Å²) in [5, 5.41) is 10.7. The number of nitrogens with zero attached hydrogens (tertiary/aromatic N) is 2. The fraction of sp³-hybridized carbons (Fsp3) is 0.762. The van der Waals surface area contributed by atoms with Gasteiger partial charge in [0.05, 0.1) is 0 Å². The van der Waals surface area contributed by atoms with Crippen LogP contribution >= 0.6 is 0 Å². The molecule has 0 bridgehead atoms. The first-order valence-corrected chi connectivity index (χ1v) is 10.8. The fourth-order valence-corrected chi connectivity index (χ4v) is 4.22. The second-order valence-electron chi connectivity index (χ2n) is 8.22. The molecular formula is C21H34N4O2. The molecule has 6 nitrogen and oxygen atoms in total. The molecule has 2 aliphatic rings. The first-order chi connectivity index (χ1) is 13.1. The molecule has 0 unspecified atom stereocenters. The van der Waals surface area contributed by atoms with Gasteiger partial charge in [-0.3, -0.25) is 14.3 Å². The van der Waals surface area contributed by atoms with E-state index in [9.17, 15) is 9.59 Å². The Hall–Kier alpha value is -1.85. The first-order valence-electron chi connectivity index (χ1n) is 10.8. The number of carbonyl (C=O) groups excluding carboxylic acids is 2. The normalized spacial score (nSPS) is 21.1. The predicted octanol–water partition coefficient (Wildman–Crippen LogP) is 3.74. The van der Waals surface area contributed by atoms with Crippen molar-refractivity contribution in [1.29, 1.82) is 0 Å². The summed E-state index contributed by atoms with van der Waals surface area (Å²) in [6, 6.07) is 1.83. The van der Waals surface area contributed by atoms with E-state index < -0.39 is 6.04 Å². The van der Waals surface area contributed by atoms with Crippen LogP contribution in [-0.2, 0) is 4.79 Å². The molecule has 2 aliphatic carbocycles. The maximum absolute atomic E-state index is 12.6. The fourth-order valence-electron chi connectivity index (χ4n) is 4.22. The molecule has 0 saturated heterocycles. The van der Waals surface area contributed by atoms with Crippen LogP contribution in [0.3, 0.4) is 0 Å². The SMILES string of the molecule is C[C@@H](C(=O)NC1CCCCCC1)n1ccc(C(=O)NC2CCCCCC2)n1. The van der Waals surface area contributed by atoms with E-state index in [0.29, 0.717) is 5.69 Å². The standard InChI is InChI=1S/C21H34N4O2/c1-16(20(26)22-17-10-6-2-3-7-11-17)25-15-14-19(24-25)21(27)23-18-12-8-4-5-9-13-18/h14-18H,2-13H2,1H3,(H,22,26)(H,23,27)/t16-/m0/s1. The summed E-state index contributed by atoms with van der Waals surface area (Å²) in [6.07, 6.45) is 15.7. The topological polar surface area (TPSA) is 76.0 Å². The Kier molecular flexibility index (Phi) is 7.30. The van der Waals surface area contributed by atoms with Gasteiger partial charge in [0.2, 0.25) is 5.91 Å². The minimum Gasteiger partial charge on any atom is -0.352 e. The highest BCUT2D eigenvalue weighted by Gasteiger charge is 2.22. The predicted molar refractivity (Wildman–Crippen MR) is 106 cm³/mol. The zero-order valence-electron chi connectivity index (χ0n) is 16.6. The zero-order chi connectivity index (χ0) is 19.1. The highest BCUT2D eigenvalue weighted by Crippen LogP contribution is 2.19. The van der Waals surface area contributed by atoms with Crippen LogP contribution in [0, 0.1) is 0 Å². The summed E-state index contributed by atoms with van der Waals surface area (Å²) in [6.45, 7) is 1.84. The summed E-state index contributed by atoms with van der Waals surface area (Å²) >= 11 is 0. The van der Waals surface area contributed by atoms with E-state index >= 15 is 0 Å². The Morgan fingerprint density at radius 2 is 1.44 bits per heavy atom. The quantitative estimate of drug-likeness (QED) is 0.771. The van der Waals surface area contributed by atoms with Gasteiger partial charge in [0, 0.05) is 18.3 Å². The van der Waals surface area contributed by atoms with Crippen LogP contribution in [0.4, 0.5) is 0 Å². The molecule has 0 radical (unpaired) electrons. The molecule has 2 saturated carbocycles. The van der Waals surface area contributed by atoms with Crippen LogP contribution in [0.2, 0.25) is 0 Å². The van der Waals surface area contributed by atoms with Crippen molar-refractivity contribution in [2.75, 3.05) is 0 Å². The van der Waals surface area contributed by atoms with Gasteiger partial charge in [-0.05, 0) is 38.7 Å². The van der Waals surface area contributed by atoms with Gasteiger partial charge in [0.15, 0.2) is 0 Å². The molecule has 2 fully saturated rings. The van der Waals surface area contributed by atoms with Crippen LogP contribution in [0.15, 0.2) is 12.3 Å². The van der Waals surface area contributed by atoms with Crippen molar-refractivity contribution in [2.45, 2.75) is 102 Å². The highest BCUT2D eigenvalue weighted by atomic mass is 16.2. The van der Waals surface area contributed by atoms with Crippen molar-refractivity contribution in [2.24, 2.45) is 0 Å². The molecule has 1 atom stereocenters. The average Bonchev–Trinajstić information content (AvgIpc) is 2.83. The largest absolute Gasteiger partial charge is 0.352 e. The second kappa shape index (κ2) is 9.90. The number of hydrogen-bond acceptors (Lipinski definition) is 3. The van der Waals surface area contributed by atoms with E-state index in [-0.39, 0.29) is 23.9 Å². The van der Waals surface area contributed by atoms with Crippen molar-refractivity contribution in [3.05, 3.63) is 18.0 Å². The Morgan fingerprint density at radius 1 is 0.926 bits per heavy atom. The zero-order valence-corrected chi connectivity index (χ0v) is 16.6. The van der Waals surface area contributed by atoms with Crippen LogP contribution in [0.25, 0.3) is 0 Å².